The van der Waals surface area contributed by atoms with E-state index in [0.29, 0.717) is 11.4 Å². The van der Waals surface area contributed by atoms with Crippen molar-refractivity contribution >= 4 is 16.9 Å². The van der Waals surface area contributed by atoms with Crippen molar-refractivity contribution in [1.29, 1.82) is 0 Å². The molecule has 0 aliphatic heterocycles. The van der Waals surface area contributed by atoms with Crippen LogP contribution in [0.2, 0.25) is 0 Å². The van der Waals surface area contributed by atoms with Crippen LogP contribution in [0.4, 0.5) is 8.78 Å². The number of alkyl halides is 2. The molecule has 0 bridgehead atoms. The molecule has 0 atom stereocenters. The summed E-state index contributed by atoms with van der Waals surface area (Å²) in [7, 11) is 0. The molecule has 0 saturated heterocycles. The van der Waals surface area contributed by atoms with Crippen molar-refractivity contribution in [3.63, 3.8) is 0 Å². The first kappa shape index (κ1) is 15.0. The highest BCUT2D eigenvalue weighted by atomic mass is 19.3. The summed E-state index contributed by atoms with van der Waals surface area (Å²) >= 11 is 0. The van der Waals surface area contributed by atoms with E-state index in [1.807, 2.05) is 6.07 Å². The molecule has 1 aromatic carbocycles. The minimum atomic E-state index is -2.93. The summed E-state index contributed by atoms with van der Waals surface area (Å²) in [4.78, 5) is 15.6. The van der Waals surface area contributed by atoms with Gasteiger partial charge in [0.2, 0.25) is 0 Å². The van der Waals surface area contributed by atoms with Gasteiger partial charge in [0.15, 0.2) is 5.76 Å². The molecule has 2 N–H and O–H groups in total. The number of primary amides is 1. The maximum absolute atomic E-state index is 13.0. The summed E-state index contributed by atoms with van der Waals surface area (Å²) in [5.41, 5.74) is 5.74. The molecule has 118 valence electrons. The number of aromatic nitrogens is 1. The van der Waals surface area contributed by atoms with Gasteiger partial charge in [-0.1, -0.05) is 6.07 Å². The Bertz CT molecular complexity index is 847. The number of nitrogens with two attached hydrogens (primary N) is 1. The van der Waals surface area contributed by atoms with Gasteiger partial charge in [-0.25, -0.2) is 8.78 Å². The molecule has 0 fully saturated rings. The van der Waals surface area contributed by atoms with Gasteiger partial charge in [0, 0.05) is 11.6 Å². The highest BCUT2D eigenvalue weighted by Gasteiger charge is 2.25. The second kappa shape index (κ2) is 6.04. The molecule has 2 aromatic heterocycles. The average Bonchev–Trinajstić information content (AvgIpc) is 2.93. The first-order valence-corrected chi connectivity index (χ1v) is 6.73. The van der Waals surface area contributed by atoms with Gasteiger partial charge in [-0.2, -0.15) is 0 Å². The molecule has 0 spiro atoms. The Kier molecular flexibility index (Phi) is 3.92. The largest absolute Gasteiger partial charge is 0.487 e. The van der Waals surface area contributed by atoms with Crippen LogP contribution in [-0.4, -0.2) is 10.9 Å². The lowest BCUT2D eigenvalue weighted by Gasteiger charge is -2.05. The second-order valence-corrected chi connectivity index (χ2v) is 4.77. The van der Waals surface area contributed by atoms with Gasteiger partial charge >= 0.3 is 0 Å². The highest BCUT2D eigenvalue weighted by Crippen LogP contribution is 2.34. The van der Waals surface area contributed by atoms with Gasteiger partial charge in [-0.05, 0) is 30.3 Å². The van der Waals surface area contributed by atoms with E-state index in [-0.39, 0.29) is 23.1 Å². The zero-order valence-corrected chi connectivity index (χ0v) is 11.8. The van der Waals surface area contributed by atoms with Crippen molar-refractivity contribution in [2.75, 3.05) is 0 Å². The van der Waals surface area contributed by atoms with Gasteiger partial charge in [-0.3, -0.25) is 9.78 Å². The van der Waals surface area contributed by atoms with Crippen LogP contribution in [0.5, 0.6) is 5.75 Å². The van der Waals surface area contributed by atoms with Crippen molar-refractivity contribution in [2.24, 2.45) is 5.73 Å². The van der Waals surface area contributed by atoms with Crippen LogP contribution in [0.1, 0.15) is 28.2 Å². The molecule has 0 aliphatic carbocycles. The van der Waals surface area contributed by atoms with Crippen molar-refractivity contribution in [3.8, 4) is 5.75 Å². The van der Waals surface area contributed by atoms with Crippen molar-refractivity contribution in [2.45, 2.75) is 13.0 Å². The summed E-state index contributed by atoms with van der Waals surface area (Å²) in [5, 5.41) is 0.200. The number of amides is 1. The van der Waals surface area contributed by atoms with E-state index in [9.17, 15) is 13.6 Å². The minimum Gasteiger partial charge on any atom is -0.487 e. The smallest absolute Gasteiger partial charge is 0.296 e. The Balaban J connectivity index is 1.94. The molecule has 0 radical (unpaired) electrons. The summed E-state index contributed by atoms with van der Waals surface area (Å²) in [6.45, 7) is 0.206. The molecular formula is C16H12F2N2O3. The van der Waals surface area contributed by atoms with Crippen LogP contribution < -0.4 is 10.5 Å². The Labute approximate surface area is 129 Å². The van der Waals surface area contributed by atoms with Crippen LogP contribution in [0.3, 0.4) is 0 Å². The first-order valence-electron chi connectivity index (χ1n) is 6.73. The topological polar surface area (TPSA) is 78.4 Å². The third-order valence-corrected chi connectivity index (χ3v) is 3.24. The van der Waals surface area contributed by atoms with Crippen LogP contribution in [0.15, 0.2) is 47.0 Å². The Hall–Kier alpha value is -2.96. The number of benzene rings is 1. The summed E-state index contributed by atoms with van der Waals surface area (Å²) in [6.07, 6.45) is -1.29. The fourth-order valence-corrected chi connectivity index (χ4v) is 2.23. The third-order valence-electron chi connectivity index (χ3n) is 3.24. The van der Waals surface area contributed by atoms with E-state index < -0.39 is 18.1 Å². The molecular weight excluding hydrogens is 306 g/mol. The fraction of sp³-hybridized carbons (Fsp3) is 0.125. The number of pyridine rings is 1. The first-order chi connectivity index (χ1) is 11.1. The standard InChI is InChI=1S/C16H12F2N2O3/c17-15(18)14-13(16(19)21)11-7-10(4-5-12(11)23-14)22-8-9-3-1-2-6-20-9/h1-7,15H,8H2,(H2,19,21). The molecule has 3 aromatic rings. The van der Waals surface area contributed by atoms with E-state index in [0.717, 1.165) is 0 Å². The maximum atomic E-state index is 13.0. The van der Waals surface area contributed by atoms with E-state index in [1.165, 1.54) is 12.1 Å². The molecule has 2 heterocycles. The van der Waals surface area contributed by atoms with Gasteiger partial charge in [-0.15, -0.1) is 0 Å². The zero-order chi connectivity index (χ0) is 16.4. The van der Waals surface area contributed by atoms with E-state index >= 15 is 0 Å². The number of hydrogen-bond acceptors (Lipinski definition) is 4. The predicted molar refractivity (Wildman–Crippen MR) is 78.3 cm³/mol. The molecule has 3 rings (SSSR count). The lowest BCUT2D eigenvalue weighted by molar-refractivity contribution is 0.0967. The normalized spacial score (nSPS) is 11.1. The van der Waals surface area contributed by atoms with Gasteiger partial charge in [0.05, 0.1) is 11.3 Å². The minimum absolute atomic E-state index is 0.152. The molecule has 5 nitrogen and oxygen atoms in total. The van der Waals surface area contributed by atoms with Crippen molar-refractivity contribution in [1.82, 2.24) is 4.98 Å². The number of carbonyl (C=O) groups is 1. The maximum Gasteiger partial charge on any atom is 0.296 e. The Morgan fingerprint density at radius 1 is 1.30 bits per heavy atom. The van der Waals surface area contributed by atoms with Crippen LogP contribution >= 0.6 is 0 Å². The van der Waals surface area contributed by atoms with E-state index in [4.69, 9.17) is 14.9 Å². The van der Waals surface area contributed by atoms with Gasteiger partial charge in [0.1, 0.15) is 17.9 Å². The number of carbonyl (C=O) groups excluding carboxylic acids is 1. The van der Waals surface area contributed by atoms with Crippen LogP contribution in [0.25, 0.3) is 11.0 Å². The Morgan fingerprint density at radius 2 is 2.13 bits per heavy atom. The molecule has 0 aliphatic rings. The molecule has 1 amide bonds. The number of fused-ring (bicyclic) bond motifs is 1. The average molecular weight is 318 g/mol. The Morgan fingerprint density at radius 3 is 2.78 bits per heavy atom. The lowest BCUT2D eigenvalue weighted by Crippen LogP contribution is -2.12. The summed E-state index contributed by atoms with van der Waals surface area (Å²) in [6, 6.07) is 9.88. The second-order valence-electron chi connectivity index (χ2n) is 4.77. The monoisotopic (exact) mass is 318 g/mol. The van der Waals surface area contributed by atoms with Crippen LogP contribution in [0, 0.1) is 0 Å². The quantitative estimate of drug-likeness (QED) is 0.781. The number of furan rings is 1. The number of hydrogen-bond donors (Lipinski definition) is 1. The molecule has 0 saturated carbocycles. The van der Waals surface area contributed by atoms with Crippen molar-refractivity contribution in [3.05, 3.63) is 59.6 Å². The summed E-state index contributed by atoms with van der Waals surface area (Å²) < 4.78 is 36.5. The molecule has 23 heavy (non-hydrogen) atoms. The highest BCUT2D eigenvalue weighted by molar-refractivity contribution is 6.06. The van der Waals surface area contributed by atoms with E-state index in [2.05, 4.69) is 4.98 Å². The van der Waals surface area contributed by atoms with Gasteiger partial charge in [0.25, 0.3) is 12.3 Å². The number of ether oxygens (including phenoxy) is 1. The number of halogens is 2. The fourth-order valence-electron chi connectivity index (χ4n) is 2.23. The lowest BCUT2D eigenvalue weighted by atomic mass is 10.1. The molecule has 7 heteroatoms. The zero-order valence-electron chi connectivity index (χ0n) is 11.8. The summed E-state index contributed by atoms with van der Waals surface area (Å²) in [5.74, 6) is -1.30. The number of nitrogens with zero attached hydrogens (tertiary/aromatic N) is 1. The number of rotatable bonds is 5. The van der Waals surface area contributed by atoms with E-state index in [1.54, 1.807) is 24.4 Å². The predicted octanol–water partition coefficient (Wildman–Crippen LogP) is 3.44. The molecule has 0 unspecified atom stereocenters. The third kappa shape index (κ3) is 2.98. The van der Waals surface area contributed by atoms with Crippen LogP contribution in [-0.2, 0) is 6.61 Å². The SMILES string of the molecule is NC(=O)c1c(C(F)F)oc2ccc(OCc3ccccn3)cc12. The van der Waals surface area contributed by atoms with Crippen molar-refractivity contribution < 1.29 is 22.7 Å². The van der Waals surface area contributed by atoms with Gasteiger partial charge < -0.3 is 14.9 Å².